The molecule has 0 aromatic carbocycles. The van der Waals surface area contributed by atoms with Crippen LogP contribution in [0.5, 0.6) is 0 Å². The second kappa shape index (κ2) is 4.23. The van der Waals surface area contributed by atoms with Gasteiger partial charge < -0.3 is 5.32 Å². The Bertz CT molecular complexity index is 581. The lowest BCUT2D eigenvalue weighted by Gasteiger charge is -2.14. The van der Waals surface area contributed by atoms with Crippen molar-refractivity contribution in [2.45, 2.75) is 45.6 Å². The van der Waals surface area contributed by atoms with Gasteiger partial charge >= 0.3 is 0 Å². The van der Waals surface area contributed by atoms with E-state index in [-0.39, 0.29) is 0 Å². The van der Waals surface area contributed by atoms with Crippen molar-refractivity contribution in [3.8, 4) is 0 Å². The van der Waals surface area contributed by atoms with E-state index in [1.54, 1.807) is 0 Å². The van der Waals surface area contributed by atoms with E-state index in [4.69, 9.17) is 0 Å². The number of aromatic nitrogens is 4. The van der Waals surface area contributed by atoms with Crippen molar-refractivity contribution in [1.82, 2.24) is 19.7 Å². The molecule has 0 atom stereocenters. The van der Waals surface area contributed by atoms with E-state index in [2.05, 4.69) is 20.4 Å². The summed E-state index contributed by atoms with van der Waals surface area (Å²) in [5.41, 5.74) is 2.95. The molecule has 5 heteroatoms. The van der Waals surface area contributed by atoms with Crippen LogP contribution in [0.3, 0.4) is 0 Å². The normalized spacial score (nSPS) is 16.6. The fraction of sp³-hybridized carbons (Fsp3) is 0.615. The van der Waals surface area contributed by atoms with Crippen LogP contribution >= 0.6 is 0 Å². The summed E-state index contributed by atoms with van der Waals surface area (Å²) in [6.45, 7) is 3.93. The van der Waals surface area contributed by atoms with Crippen LogP contribution in [0.2, 0.25) is 0 Å². The van der Waals surface area contributed by atoms with Crippen LogP contribution < -0.4 is 5.32 Å². The monoisotopic (exact) mass is 245 g/mol. The van der Waals surface area contributed by atoms with Gasteiger partial charge in [-0.3, -0.25) is 4.68 Å². The summed E-state index contributed by atoms with van der Waals surface area (Å²) in [6.07, 6.45) is 5.10. The lowest BCUT2D eigenvalue weighted by molar-refractivity contribution is 0.743. The fourth-order valence-electron chi connectivity index (χ4n) is 2.81. The molecule has 3 rings (SSSR count). The Labute approximate surface area is 107 Å². The van der Waals surface area contributed by atoms with E-state index >= 15 is 0 Å². The van der Waals surface area contributed by atoms with E-state index in [1.165, 1.54) is 25.7 Å². The Balaban J connectivity index is 2.08. The second-order valence-corrected chi connectivity index (χ2v) is 5.15. The van der Waals surface area contributed by atoms with Crippen molar-refractivity contribution in [2.75, 3.05) is 5.32 Å². The predicted octanol–water partition coefficient (Wildman–Crippen LogP) is 2.33. The molecule has 0 spiro atoms. The maximum absolute atomic E-state index is 4.56. The van der Waals surface area contributed by atoms with Crippen molar-refractivity contribution in [3.05, 3.63) is 11.5 Å². The fourth-order valence-corrected chi connectivity index (χ4v) is 2.81. The Hall–Kier alpha value is -1.65. The highest BCUT2D eigenvalue weighted by Gasteiger charge is 2.19. The molecule has 1 aliphatic carbocycles. The van der Waals surface area contributed by atoms with Crippen molar-refractivity contribution < 1.29 is 0 Å². The highest BCUT2D eigenvalue weighted by atomic mass is 15.3. The summed E-state index contributed by atoms with van der Waals surface area (Å²) in [5.74, 6) is 1.74. The maximum Gasteiger partial charge on any atom is 0.156 e. The molecular weight excluding hydrogens is 226 g/mol. The molecule has 0 bridgehead atoms. The zero-order chi connectivity index (χ0) is 12.7. The summed E-state index contributed by atoms with van der Waals surface area (Å²) in [5, 5.41) is 8.01. The van der Waals surface area contributed by atoms with Crippen LogP contribution in [-0.4, -0.2) is 25.8 Å². The van der Waals surface area contributed by atoms with Gasteiger partial charge in [-0.2, -0.15) is 5.10 Å². The smallest absolute Gasteiger partial charge is 0.156 e. The van der Waals surface area contributed by atoms with E-state index in [9.17, 15) is 0 Å². The third-order valence-corrected chi connectivity index (χ3v) is 3.66. The van der Waals surface area contributed by atoms with Gasteiger partial charge in [0.05, 0.1) is 5.69 Å². The lowest BCUT2D eigenvalue weighted by Crippen LogP contribution is -2.17. The van der Waals surface area contributed by atoms with Crippen LogP contribution in [-0.2, 0) is 7.05 Å². The minimum absolute atomic E-state index is 0.553. The number of anilines is 1. The van der Waals surface area contributed by atoms with E-state index in [1.807, 2.05) is 25.6 Å². The average molecular weight is 245 g/mol. The SMILES string of the molecule is Cc1nc(NC2CCCC2)c2c(n1)c(C)nn2C. The maximum atomic E-state index is 4.56. The van der Waals surface area contributed by atoms with Crippen LogP contribution in [0.25, 0.3) is 11.0 Å². The van der Waals surface area contributed by atoms with Crippen molar-refractivity contribution in [3.63, 3.8) is 0 Å². The molecule has 5 nitrogen and oxygen atoms in total. The molecule has 2 aromatic rings. The summed E-state index contributed by atoms with van der Waals surface area (Å²) < 4.78 is 1.88. The van der Waals surface area contributed by atoms with Gasteiger partial charge in [0.1, 0.15) is 16.9 Å². The van der Waals surface area contributed by atoms with E-state index < -0.39 is 0 Å². The minimum atomic E-state index is 0.553. The topological polar surface area (TPSA) is 55.6 Å². The molecule has 18 heavy (non-hydrogen) atoms. The summed E-state index contributed by atoms with van der Waals surface area (Å²) >= 11 is 0. The highest BCUT2D eigenvalue weighted by molar-refractivity contribution is 5.87. The summed E-state index contributed by atoms with van der Waals surface area (Å²) in [4.78, 5) is 9.05. The number of nitrogens with one attached hydrogen (secondary N) is 1. The van der Waals surface area contributed by atoms with Crippen molar-refractivity contribution >= 4 is 16.9 Å². The minimum Gasteiger partial charge on any atom is -0.365 e. The summed E-state index contributed by atoms with van der Waals surface area (Å²) in [6, 6.07) is 0.553. The number of fused-ring (bicyclic) bond motifs is 1. The number of rotatable bonds is 2. The Morgan fingerprint density at radius 2 is 1.89 bits per heavy atom. The largest absolute Gasteiger partial charge is 0.365 e. The zero-order valence-electron chi connectivity index (χ0n) is 11.2. The first kappa shape index (κ1) is 11.4. The van der Waals surface area contributed by atoms with Gasteiger partial charge in [0.25, 0.3) is 0 Å². The first-order valence-corrected chi connectivity index (χ1v) is 6.59. The summed E-state index contributed by atoms with van der Waals surface area (Å²) in [7, 11) is 1.95. The van der Waals surface area contributed by atoms with Gasteiger partial charge in [-0.15, -0.1) is 0 Å². The number of hydrogen-bond acceptors (Lipinski definition) is 4. The molecule has 96 valence electrons. The van der Waals surface area contributed by atoms with Gasteiger partial charge in [-0.05, 0) is 26.7 Å². The quantitative estimate of drug-likeness (QED) is 0.882. The Morgan fingerprint density at radius 3 is 2.61 bits per heavy atom. The highest BCUT2D eigenvalue weighted by Crippen LogP contribution is 2.26. The van der Waals surface area contributed by atoms with Gasteiger partial charge in [0, 0.05) is 13.1 Å². The molecule has 2 aromatic heterocycles. The Morgan fingerprint density at radius 1 is 1.17 bits per heavy atom. The van der Waals surface area contributed by atoms with Crippen molar-refractivity contribution in [2.24, 2.45) is 7.05 Å². The number of aryl methyl sites for hydroxylation is 3. The average Bonchev–Trinajstić information content (AvgIpc) is 2.88. The first-order chi connectivity index (χ1) is 8.65. The van der Waals surface area contributed by atoms with Crippen LogP contribution in [0.15, 0.2) is 0 Å². The molecule has 0 radical (unpaired) electrons. The van der Waals surface area contributed by atoms with Crippen LogP contribution in [0.1, 0.15) is 37.2 Å². The van der Waals surface area contributed by atoms with Crippen molar-refractivity contribution in [1.29, 1.82) is 0 Å². The van der Waals surface area contributed by atoms with Gasteiger partial charge in [0.15, 0.2) is 5.82 Å². The molecule has 0 saturated heterocycles. The zero-order valence-corrected chi connectivity index (χ0v) is 11.2. The van der Waals surface area contributed by atoms with Gasteiger partial charge in [0.2, 0.25) is 0 Å². The van der Waals surface area contributed by atoms with E-state index in [0.717, 1.165) is 28.4 Å². The molecule has 2 heterocycles. The third-order valence-electron chi connectivity index (χ3n) is 3.66. The predicted molar refractivity (Wildman–Crippen MR) is 71.7 cm³/mol. The molecule has 1 aliphatic rings. The molecule has 1 N–H and O–H groups in total. The lowest BCUT2D eigenvalue weighted by atomic mass is 10.2. The number of hydrogen-bond donors (Lipinski definition) is 1. The van der Waals surface area contributed by atoms with Crippen LogP contribution in [0, 0.1) is 13.8 Å². The molecule has 0 unspecified atom stereocenters. The molecular formula is C13H19N5. The molecule has 0 aliphatic heterocycles. The van der Waals surface area contributed by atoms with Crippen LogP contribution in [0.4, 0.5) is 5.82 Å². The molecule has 0 amide bonds. The Kier molecular flexibility index (Phi) is 2.69. The molecule has 1 saturated carbocycles. The first-order valence-electron chi connectivity index (χ1n) is 6.59. The van der Waals surface area contributed by atoms with Gasteiger partial charge in [-0.1, -0.05) is 12.8 Å². The third kappa shape index (κ3) is 1.83. The van der Waals surface area contributed by atoms with E-state index in [0.29, 0.717) is 6.04 Å². The standard InChI is InChI=1S/C13H19N5/c1-8-11-12(18(3)17-8)13(15-9(2)14-11)16-10-6-4-5-7-10/h10H,4-7H2,1-3H3,(H,14,15,16). The second-order valence-electron chi connectivity index (χ2n) is 5.15. The number of nitrogens with zero attached hydrogens (tertiary/aromatic N) is 4. The molecule has 1 fully saturated rings. The van der Waals surface area contributed by atoms with Gasteiger partial charge in [-0.25, -0.2) is 9.97 Å².